The Hall–Kier alpha value is -2.41. The maximum Gasteiger partial charge on any atom is 0.253 e. The summed E-state index contributed by atoms with van der Waals surface area (Å²) in [5.41, 5.74) is 4.79. The van der Waals surface area contributed by atoms with Crippen LogP contribution >= 0.6 is 0 Å². The van der Waals surface area contributed by atoms with E-state index in [2.05, 4.69) is 10.8 Å². The number of hydroxylamine groups is 1. The summed E-state index contributed by atoms with van der Waals surface area (Å²) in [4.78, 5) is 14.2. The minimum absolute atomic E-state index is 0.111. The summed E-state index contributed by atoms with van der Waals surface area (Å²) in [7, 11) is 5.06. The zero-order valence-electron chi connectivity index (χ0n) is 15.0. The van der Waals surface area contributed by atoms with Crippen LogP contribution in [0.5, 0.6) is 5.75 Å². The Labute approximate surface area is 148 Å². The van der Waals surface area contributed by atoms with Gasteiger partial charge in [0.2, 0.25) is 0 Å². The third-order valence-corrected chi connectivity index (χ3v) is 4.40. The van der Waals surface area contributed by atoms with Gasteiger partial charge in [-0.15, -0.1) is 0 Å². The van der Waals surface area contributed by atoms with Gasteiger partial charge in [-0.25, -0.2) is 0 Å². The van der Waals surface area contributed by atoms with Crippen LogP contribution in [-0.4, -0.2) is 49.4 Å². The fourth-order valence-electron chi connectivity index (χ4n) is 2.63. The van der Waals surface area contributed by atoms with E-state index in [0.717, 1.165) is 16.9 Å². The lowest BCUT2D eigenvalue weighted by molar-refractivity contribution is 0.0493. The summed E-state index contributed by atoms with van der Waals surface area (Å²) >= 11 is 0. The fourth-order valence-corrected chi connectivity index (χ4v) is 2.63. The standard InChI is InChI=1S/C19H25N3O3/c1-13(18(20-2)21-24)22(3)19(23)15-10-8-14(9-11-15)16-6-5-7-17(12-16)25-4/h5-13,18,20-21,24H,1-4H3. The Bertz CT molecular complexity index is 699. The van der Waals surface area contributed by atoms with E-state index >= 15 is 0 Å². The minimum Gasteiger partial charge on any atom is -0.497 e. The van der Waals surface area contributed by atoms with Crippen molar-refractivity contribution < 1.29 is 14.7 Å². The maximum absolute atomic E-state index is 12.6. The van der Waals surface area contributed by atoms with E-state index in [0.29, 0.717) is 5.56 Å². The number of hydrogen-bond acceptors (Lipinski definition) is 5. The number of rotatable bonds is 7. The Morgan fingerprint density at radius 2 is 1.84 bits per heavy atom. The second-order valence-corrected chi connectivity index (χ2v) is 5.86. The highest BCUT2D eigenvalue weighted by Crippen LogP contribution is 2.24. The highest BCUT2D eigenvalue weighted by atomic mass is 16.5. The molecule has 0 bridgehead atoms. The van der Waals surface area contributed by atoms with Crippen LogP contribution in [0.3, 0.4) is 0 Å². The van der Waals surface area contributed by atoms with Gasteiger partial charge in [0.25, 0.3) is 5.91 Å². The number of carbonyl (C=O) groups is 1. The van der Waals surface area contributed by atoms with Crippen molar-refractivity contribution in [3.8, 4) is 16.9 Å². The first-order valence-electron chi connectivity index (χ1n) is 8.10. The first kappa shape index (κ1) is 18.9. The van der Waals surface area contributed by atoms with Crippen molar-refractivity contribution in [1.29, 1.82) is 0 Å². The van der Waals surface area contributed by atoms with Gasteiger partial charge in [-0.2, -0.15) is 5.48 Å². The van der Waals surface area contributed by atoms with E-state index < -0.39 is 6.17 Å². The van der Waals surface area contributed by atoms with Gasteiger partial charge in [-0.1, -0.05) is 24.3 Å². The molecule has 3 N–H and O–H groups in total. The average Bonchev–Trinajstić information content (AvgIpc) is 2.67. The zero-order chi connectivity index (χ0) is 18.4. The van der Waals surface area contributed by atoms with Crippen LogP contribution in [0, 0.1) is 0 Å². The summed E-state index contributed by atoms with van der Waals surface area (Å²) in [6.07, 6.45) is -0.412. The number of methoxy groups -OCH3 is 1. The molecule has 0 aromatic heterocycles. The van der Waals surface area contributed by atoms with Gasteiger partial charge < -0.3 is 20.2 Å². The van der Waals surface area contributed by atoms with Crippen molar-refractivity contribution in [1.82, 2.24) is 15.7 Å². The number of ether oxygens (including phenoxy) is 1. The summed E-state index contributed by atoms with van der Waals surface area (Å²) in [6.45, 7) is 1.85. The largest absolute Gasteiger partial charge is 0.497 e. The molecule has 0 heterocycles. The van der Waals surface area contributed by atoms with Crippen LogP contribution in [0.2, 0.25) is 0 Å². The van der Waals surface area contributed by atoms with Crippen molar-refractivity contribution in [2.75, 3.05) is 21.2 Å². The Morgan fingerprint density at radius 1 is 1.16 bits per heavy atom. The highest BCUT2D eigenvalue weighted by Gasteiger charge is 2.23. The smallest absolute Gasteiger partial charge is 0.253 e. The van der Waals surface area contributed by atoms with E-state index in [1.807, 2.05) is 43.3 Å². The number of hydrogen-bond donors (Lipinski definition) is 3. The molecule has 2 rings (SSSR count). The van der Waals surface area contributed by atoms with E-state index in [1.54, 1.807) is 38.2 Å². The molecule has 25 heavy (non-hydrogen) atoms. The average molecular weight is 343 g/mol. The number of amides is 1. The summed E-state index contributed by atoms with van der Waals surface area (Å²) in [5, 5.41) is 12.1. The number of likely N-dealkylation sites (N-methyl/N-ethyl adjacent to an activating group) is 2. The zero-order valence-corrected chi connectivity index (χ0v) is 15.0. The second-order valence-electron chi connectivity index (χ2n) is 5.86. The number of carbonyl (C=O) groups excluding carboxylic acids is 1. The molecule has 134 valence electrons. The Kier molecular flexibility index (Phi) is 6.52. The Balaban J connectivity index is 2.17. The fraction of sp³-hybridized carbons (Fsp3) is 0.316. The lowest BCUT2D eigenvalue weighted by atomic mass is 10.0. The van der Waals surface area contributed by atoms with Gasteiger partial charge >= 0.3 is 0 Å². The van der Waals surface area contributed by atoms with Crippen LogP contribution in [0.25, 0.3) is 11.1 Å². The third-order valence-electron chi connectivity index (χ3n) is 4.40. The van der Waals surface area contributed by atoms with Crippen LogP contribution in [-0.2, 0) is 0 Å². The molecule has 2 aromatic rings. The molecule has 0 aliphatic carbocycles. The molecule has 6 heteroatoms. The molecule has 0 radical (unpaired) electrons. The van der Waals surface area contributed by atoms with Crippen molar-refractivity contribution in [2.24, 2.45) is 0 Å². The SMILES string of the molecule is CNC(NO)C(C)N(C)C(=O)c1ccc(-c2cccc(OC)c2)cc1. The van der Waals surface area contributed by atoms with Gasteiger partial charge in [-0.05, 0) is 49.4 Å². The van der Waals surface area contributed by atoms with E-state index in [4.69, 9.17) is 9.94 Å². The van der Waals surface area contributed by atoms with Gasteiger partial charge in [0.1, 0.15) is 11.9 Å². The monoisotopic (exact) mass is 343 g/mol. The first-order valence-corrected chi connectivity index (χ1v) is 8.10. The predicted molar refractivity (Wildman–Crippen MR) is 97.8 cm³/mol. The highest BCUT2D eigenvalue weighted by molar-refractivity contribution is 5.94. The van der Waals surface area contributed by atoms with Crippen molar-refractivity contribution in [3.05, 3.63) is 54.1 Å². The number of nitrogens with zero attached hydrogens (tertiary/aromatic N) is 1. The molecular formula is C19H25N3O3. The van der Waals surface area contributed by atoms with Crippen LogP contribution in [0.15, 0.2) is 48.5 Å². The summed E-state index contributed by atoms with van der Waals surface area (Å²) in [5.74, 6) is 0.681. The molecule has 1 amide bonds. The summed E-state index contributed by atoms with van der Waals surface area (Å²) < 4.78 is 5.25. The molecule has 0 aliphatic rings. The van der Waals surface area contributed by atoms with Crippen molar-refractivity contribution in [2.45, 2.75) is 19.1 Å². The van der Waals surface area contributed by atoms with Crippen LogP contribution in [0.4, 0.5) is 0 Å². The van der Waals surface area contributed by atoms with Crippen LogP contribution < -0.4 is 15.5 Å². The quantitative estimate of drug-likeness (QED) is 0.532. The molecule has 2 aromatic carbocycles. The first-order chi connectivity index (χ1) is 12.0. The van der Waals surface area contributed by atoms with Gasteiger partial charge in [0, 0.05) is 12.6 Å². The van der Waals surface area contributed by atoms with Crippen LogP contribution in [0.1, 0.15) is 17.3 Å². The van der Waals surface area contributed by atoms with E-state index in [-0.39, 0.29) is 11.9 Å². The molecular weight excluding hydrogens is 318 g/mol. The number of nitrogens with one attached hydrogen (secondary N) is 2. The minimum atomic E-state index is -0.412. The second kappa shape index (κ2) is 8.62. The topological polar surface area (TPSA) is 73.8 Å². The molecule has 0 aliphatic heterocycles. The summed E-state index contributed by atoms with van der Waals surface area (Å²) in [6, 6.07) is 15.0. The molecule has 0 spiro atoms. The maximum atomic E-state index is 12.6. The Morgan fingerprint density at radius 3 is 2.40 bits per heavy atom. The van der Waals surface area contributed by atoms with Gasteiger partial charge in [0.15, 0.2) is 0 Å². The molecule has 0 fully saturated rings. The lowest BCUT2D eigenvalue weighted by Gasteiger charge is -2.31. The van der Waals surface area contributed by atoms with Crippen molar-refractivity contribution in [3.63, 3.8) is 0 Å². The lowest BCUT2D eigenvalue weighted by Crippen LogP contribution is -2.54. The molecule has 2 atom stereocenters. The van der Waals surface area contributed by atoms with E-state index in [1.165, 1.54) is 0 Å². The molecule has 0 saturated carbocycles. The van der Waals surface area contributed by atoms with Gasteiger partial charge in [-0.3, -0.25) is 4.79 Å². The molecule has 6 nitrogen and oxygen atoms in total. The molecule has 0 saturated heterocycles. The van der Waals surface area contributed by atoms with E-state index in [9.17, 15) is 4.79 Å². The van der Waals surface area contributed by atoms with Gasteiger partial charge in [0.05, 0.1) is 13.2 Å². The van der Waals surface area contributed by atoms with Crippen molar-refractivity contribution >= 4 is 5.91 Å². The number of benzene rings is 2. The third kappa shape index (κ3) is 4.36. The predicted octanol–water partition coefficient (Wildman–Crippen LogP) is 2.35. The normalized spacial score (nSPS) is 13.2. The molecule has 2 unspecified atom stereocenters.